The highest BCUT2D eigenvalue weighted by Gasteiger charge is 2.26. The van der Waals surface area contributed by atoms with Gasteiger partial charge in [0.1, 0.15) is 23.1 Å². The first-order valence-corrected chi connectivity index (χ1v) is 9.82. The average molecular weight is 407 g/mol. The lowest BCUT2D eigenvalue weighted by molar-refractivity contribution is -0.112. The summed E-state index contributed by atoms with van der Waals surface area (Å²) in [5, 5.41) is 23.2. The lowest BCUT2D eigenvalue weighted by Crippen LogP contribution is -2.18. The predicted molar refractivity (Wildman–Crippen MR) is 121 cm³/mol. The Morgan fingerprint density at radius 1 is 1.07 bits per heavy atom. The van der Waals surface area contributed by atoms with Crippen LogP contribution in [0.3, 0.4) is 0 Å². The summed E-state index contributed by atoms with van der Waals surface area (Å²) in [6.45, 7) is 12.1. The molecule has 5 heteroatoms. The van der Waals surface area contributed by atoms with Crippen molar-refractivity contribution < 1.29 is 14.6 Å². The molecule has 0 radical (unpaired) electrons. The second-order valence-electron chi connectivity index (χ2n) is 9.29. The molecule has 0 spiro atoms. The highest BCUT2D eigenvalue weighted by atomic mass is 16.5. The fourth-order valence-electron chi connectivity index (χ4n) is 3.14. The Labute approximate surface area is 179 Å². The first-order valence-electron chi connectivity index (χ1n) is 9.82. The minimum absolute atomic E-state index is 0.0358. The zero-order valence-corrected chi connectivity index (χ0v) is 18.8. The van der Waals surface area contributed by atoms with E-state index < -0.39 is 5.91 Å². The highest BCUT2D eigenvalue weighted by Crippen LogP contribution is 2.40. The number of ether oxygens (including phenoxy) is 1. The molecular weight excluding hydrogens is 376 g/mol. The Morgan fingerprint density at radius 2 is 1.60 bits per heavy atom. The van der Waals surface area contributed by atoms with Gasteiger partial charge in [-0.2, -0.15) is 5.26 Å². The summed E-state index contributed by atoms with van der Waals surface area (Å²) in [6.07, 6.45) is 1.55. The molecule has 0 aliphatic rings. The molecule has 0 aliphatic heterocycles. The van der Waals surface area contributed by atoms with Gasteiger partial charge in [-0.1, -0.05) is 53.7 Å². The lowest BCUT2D eigenvalue weighted by atomic mass is 9.78. The Kier molecular flexibility index (Phi) is 6.62. The van der Waals surface area contributed by atoms with Crippen LogP contribution in [0.25, 0.3) is 6.08 Å². The van der Waals surface area contributed by atoms with Crippen molar-refractivity contribution >= 4 is 17.7 Å². The van der Waals surface area contributed by atoms with Gasteiger partial charge in [0.2, 0.25) is 0 Å². The Hall–Kier alpha value is -3.26. The fraction of sp³-hybridized carbons (Fsp3) is 0.360. The molecular formula is C25H30N2O3. The minimum atomic E-state index is -0.523. The van der Waals surface area contributed by atoms with Gasteiger partial charge in [0, 0.05) is 11.1 Å². The van der Waals surface area contributed by atoms with Crippen molar-refractivity contribution in [1.29, 1.82) is 5.26 Å². The standard InChI is InChI=1S/C25H30N2O3/c1-24(2,3)18-13-16(14-19(22(18)28)25(4,5)6)12-17(15-26)23(29)27-20-10-8-9-11-21(20)30-7/h8-14,28H,1-7H3,(H,27,29)/b17-12+. The maximum absolute atomic E-state index is 12.7. The first kappa shape index (κ1) is 23.0. The molecule has 0 aliphatic carbocycles. The number of phenolic OH excluding ortho intramolecular Hbond substituents is 1. The number of carbonyl (C=O) groups excluding carboxylic acids is 1. The topological polar surface area (TPSA) is 82.3 Å². The van der Waals surface area contributed by atoms with E-state index in [1.165, 1.54) is 7.11 Å². The van der Waals surface area contributed by atoms with Crippen LogP contribution < -0.4 is 10.1 Å². The third-order valence-corrected chi connectivity index (χ3v) is 4.78. The van der Waals surface area contributed by atoms with Crippen molar-refractivity contribution in [3.8, 4) is 17.6 Å². The predicted octanol–water partition coefficient (Wildman–Crippen LogP) is 5.54. The van der Waals surface area contributed by atoms with Crippen LogP contribution in [0.5, 0.6) is 11.5 Å². The Bertz CT molecular complexity index is 981. The minimum Gasteiger partial charge on any atom is -0.507 e. The van der Waals surface area contributed by atoms with Gasteiger partial charge in [0.15, 0.2) is 0 Å². The van der Waals surface area contributed by atoms with Gasteiger partial charge in [-0.05, 0) is 46.7 Å². The summed E-state index contributed by atoms with van der Waals surface area (Å²) in [6, 6.07) is 12.7. The van der Waals surface area contributed by atoms with Crippen molar-refractivity contribution in [2.45, 2.75) is 52.4 Å². The molecule has 1 amide bonds. The van der Waals surface area contributed by atoms with Crippen molar-refractivity contribution in [2.24, 2.45) is 0 Å². The second kappa shape index (κ2) is 8.62. The largest absolute Gasteiger partial charge is 0.507 e. The highest BCUT2D eigenvalue weighted by molar-refractivity contribution is 6.10. The van der Waals surface area contributed by atoms with Gasteiger partial charge in [-0.25, -0.2) is 0 Å². The normalized spacial score (nSPS) is 12.3. The maximum atomic E-state index is 12.7. The smallest absolute Gasteiger partial charge is 0.266 e. The van der Waals surface area contributed by atoms with Gasteiger partial charge in [-0.15, -0.1) is 0 Å². The van der Waals surface area contributed by atoms with Crippen LogP contribution in [-0.4, -0.2) is 18.1 Å². The molecule has 0 fully saturated rings. The molecule has 5 nitrogen and oxygen atoms in total. The average Bonchev–Trinajstić information content (AvgIpc) is 2.65. The van der Waals surface area contributed by atoms with Crippen molar-refractivity contribution in [3.63, 3.8) is 0 Å². The molecule has 158 valence electrons. The molecule has 2 rings (SSSR count). The number of hydrogen-bond donors (Lipinski definition) is 2. The molecule has 2 aromatic carbocycles. The number of carbonyl (C=O) groups is 1. The van der Waals surface area contributed by atoms with Gasteiger partial charge in [-0.3, -0.25) is 4.79 Å². The number of benzene rings is 2. The summed E-state index contributed by atoms with van der Waals surface area (Å²) in [4.78, 5) is 12.7. The zero-order valence-electron chi connectivity index (χ0n) is 18.8. The van der Waals surface area contributed by atoms with Crippen LogP contribution >= 0.6 is 0 Å². The third-order valence-electron chi connectivity index (χ3n) is 4.78. The number of nitrogens with one attached hydrogen (secondary N) is 1. The molecule has 30 heavy (non-hydrogen) atoms. The number of amides is 1. The number of hydrogen-bond acceptors (Lipinski definition) is 4. The molecule has 2 N–H and O–H groups in total. The molecule has 0 heterocycles. The number of anilines is 1. The first-order chi connectivity index (χ1) is 13.9. The van der Waals surface area contributed by atoms with E-state index in [0.717, 1.165) is 11.1 Å². The van der Waals surface area contributed by atoms with Crippen LogP contribution in [0.1, 0.15) is 58.2 Å². The molecule has 0 bridgehead atoms. The van der Waals surface area contributed by atoms with Crippen molar-refractivity contribution in [1.82, 2.24) is 0 Å². The summed E-state index contributed by atoms with van der Waals surface area (Å²) >= 11 is 0. The van der Waals surface area contributed by atoms with E-state index in [0.29, 0.717) is 17.0 Å². The van der Waals surface area contributed by atoms with Crippen LogP contribution in [-0.2, 0) is 15.6 Å². The SMILES string of the molecule is COc1ccccc1NC(=O)/C(C#N)=C/c1cc(C(C)(C)C)c(O)c(C(C)(C)C)c1. The summed E-state index contributed by atoms with van der Waals surface area (Å²) in [7, 11) is 1.52. The van der Waals surface area contributed by atoms with Crippen LogP contribution in [0, 0.1) is 11.3 Å². The van der Waals surface area contributed by atoms with E-state index in [9.17, 15) is 15.2 Å². The van der Waals surface area contributed by atoms with Crippen molar-refractivity contribution in [3.05, 3.63) is 58.7 Å². The van der Waals surface area contributed by atoms with E-state index in [4.69, 9.17) is 4.74 Å². The molecule has 0 saturated heterocycles. The number of nitrogens with zero attached hydrogens (tertiary/aromatic N) is 1. The van der Waals surface area contributed by atoms with Crippen LogP contribution in [0.2, 0.25) is 0 Å². The van der Waals surface area contributed by atoms with Gasteiger partial charge in [0.05, 0.1) is 12.8 Å². The zero-order chi connectivity index (χ0) is 22.7. The van der Waals surface area contributed by atoms with E-state index in [-0.39, 0.29) is 22.2 Å². The van der Waals surface area contributed by atoms with E-state index in [1.54, 1.807) is 30.3 Å². The number of rotatable bonds is 4. The third kappa shape index (κ3) is 5.21. The van der Waals surface area contributed by atoms with E-state index in [1.807, 2.05) is 59.7 Å². The lowest BCUT2D eigenvalue weighted by Gasteiger charge is -2.28. The summed E-state index contributed by atoms with van der Waals surface area (Å²) in [5.41, 5.74) is 2.07. The van der Waals surface area contributed by atoms with E-state index in [2.05, 4.69) is 5.32 Å². The second-order valence-corrected chi connectivity index (χ2v) is 9.29. The number of methoxy groups -OCH3 is 1. The molecule has 0 unspecified atom stereocenters. The summed E-state index contributed by atoms with van der Waals surface area (Å²) in [5.74, 6) is 0.242. The molecule has 0 atom stereocenters. The number of aromatic hydroxyl groups is 1. The van der Waals surface area contributed by atoms with Crippen LogP contribution in [0.15, 0.2) is 42.0 Å². The monoisotopic (exact) mass is 406 g/mol. The van der Waals surface area contributed by atoms with Crippen molar-refractivity contribution in [2.75, 3.05) is 12.4 Å². The Morgan fingerprint density at radius 3 is 2.07 bits per heavy atom. The quantitative estimate of drug-likeness (QED) is 0.516. The van der Waals surface area contributed by atoms with Crippen LogP contribution in [0.4, 0.5) is 5.69 Å². The summed E-state index contributed by atoms with van der Waals surface area (Å²) < 4.78 is 5.25. The van der Waals surface area contributed by atoms with Gasteiger partial charge >= 0.3 is 0 Å². The molecule has 2 aromatic rings. The Balaban J connectivity index is 2.53. The molecule has 0 aromatic heterocycles. The van der Waals surface area contributed by atoms with E-state index >= 15 is 0 Å². The fourth-order valence-corrected chi connectivity index (χ4v) is 3.14. The number of phenols is 1. The number of para-hydroxylation sites is 2. The molecule has 0 saturated carbocycles. The number of nitriles is 1. The maximum Gasteiger partial charge on any atom is 0.266 e. The van der Waals surface area contributed by atoms with Gasteiger partial charge in [0.25, 0.3) is 5.91 Å². The van der Waals surface area contributed by atoms with Gasteiger partial charge < -0.3 is 15.2 Å².